The zero-order valence-corrected chi connectivity index (χ0v) is 14.0. The largest absolute Gasteiger partial charge is 0.390 e. The number of nitrogens with one attached hydrogen (secondary N) is 2. The van der Waals surface area contributed by atoms with E-state index in [9.17, 15) is 4.79 Å². The van der Waals surface area contributed by atoms with Crippen LogP contribution in [0.4, 0.5) is 4.79 Å². The molecule has 126 valence electrons. The van der Waals surface area contributed by atoms with Crippen molar-refractivity contribution in [3.05, 3.63) is 35.4 Å². The van der Waals surface area contributed by atoms with Gasteiger partial charge >= 0.3 is 6.03 Å². The molecule has 0 aliphatic carbocycles. The van der Waals surface area contributed by atoms with E-state index in [0.717, 1.165) is 17.7 Å². The lowest BCUT2D eigenvalue weighted by atomic mass is 10.0. The summed E-state index contributed by atoms with van der Waals surface area (Å²) in [5.74, 6) is 0. The van der Waals surface area contributed by atoms with E-state index in [1.54, 1.807) is 7.11 Å². The highest BCUT2D eigenvalue weighted by Crippen LogP contribution is 2.16. The van der Waals surface area contributed by atoms with Gasteiger partial charge in [0.1, 0.15) is 0 Å². The van der Waals surface area contributed by atoms with E-state index in [0.29, 0.717) is 19.6 Å². The fourth-order valence-electron chi connectivity index (χ4n) is 2.36. The number of oxime groups is 1. The van der Waals surface area contributed by atoms with E-state index < -0.39 is 0 Å². The number of benzene rings is 1. The van der Waals surface area contributed by atoms with Gasteiger partial charge in [0.15, 0.2) is 6.10 Å². The van der Waals surface area contributed by atoms with Crippen LogP contribution in [0.5, 0.6) is 0 Å². The second kappa shape index (κ2) is 8.53. The fraction of sp³-hybridized carbons (Fsp3) is 0.529. The van der Waals surface area contributed by atoms with Gasteiger partial charge in [-0.15, -0.1) is 0 Å². The summed E-state index contributed by atoms with van der Waals surface area (Å²) >= 11 is 0. The highest BCUT2D eigenvalue weighted by molar-refractivity contribution is 6.01. The van der Waals surface area contributed by atoms with Crippen LogP contribution in [0.25, 0.3) is 0 Å². The quantitative estimate of drug-likeness (QED) is 0.809. The predicted molar refractivity (Wildman–Crippen MR) is 89.7 cm³/mol. The lowest BCUT2D eigenvalue weighted by Crippen LogP contribution is -2.45. The van der Waals surface area contributed by atoms with E-state index in [4.69, 9.17) is 9.57 Å². The Kier molecular flexibility index (Phi) is 6.40. The van der Waals surface area contributed by atoms with Crippen LogP contribution in [0.3, 0.4) is 0 Å². The second-order valence-corrected chi connectivity index (χ2v) is 5.75. The molecule has 2 amide bonds. The summed E-state index contributed by atoms with van der Waals surface area (Å²) in [5, 5.41) is 9.82. The predicted octanol–water partition coefficient (Wildman–Crippen LogP) is 2.21. The number of aryl methyl sites for hydroxylation is 1. The van der Waals surface area contributed by atoms with Crippen molar-refractivity contribution in [3.63, 3.8) is 0 Å². The Bertz CT molecular complexity index is 543. The number of amides is 2. The van der Waals surface area contributed by atoms with E-state index in [2.05, 4.69) is 34.8 Å². The normalized spacial score (nSPS) is 18.0. The molecule has 6 nitrogen and oxygen atoms in total. The first kappa shape index (κ1) is 17.3. The summed E-state index contributed by atoms with van der Waals surface area (Å²) in [6, 6.07) is 7.99. The zero-order chi connectivity index (χ0) is 16.7. The Hall–Kier alpha value is -2.08. The molecule has 0 radical (unpaired) electrons. The highest BCUT2D eigenvalue weighted by Gasteiger charge is 2.23. The Morgan fingerprint density at radius 2 is 2.17 bits per heavy atom. The van der Waals surface area contributed by atoms with Crippen LogP contribution in [0.2, 0.25) is 0 Å². The number of hydrogen-bond acceptors (Lipinski definition) is 4. The van der Waals surface area contributed by atoms with Crippen molar-refractivity contribution in [2.24, 2.45) is 5.16 Å². The molecule has 0 unspecified atom stereocenters. The van der Waals surface area contributed by atoms with Crippen LogP contribution in [-0.4, -0.2) is 44.2 Å². The van der Waals surface area contributed by atoms with E-state index in [1.165, 1.54) is 5.56 Å². The first-order chi connectivity index (χ1) is 11.1. The van der Waals surface area contributed by atoms with Gasteiger partial charge < -0.3 is 20.2 Å². The van der Waals surface area contributed by atoms with Crippen LogP contribution in [0, 0.1) is 6.92 Å². The van der Waals surface area contributed by atoms with Crippen LogP contribution in [-0.2, 0) is 9.57 Å². The summed E-state index contributed by atoms with van der Waals surface area (Å²) in [6.07, 6.45) is 1.39. The Balaban J connectivity index is 1.74. The van der Waals surface area contributed by atoms with E-state index >= 15 is 0 Å². The molecule has 1 aromatic rings. The molecule has 0 aromatic heterocycles. The van der Waals surface area contributed by atoms with Gasteiger partial charge in [-0.25, -0.2) is 4.79 Å². The first-order valence-electron chi connectivity index (χ1n) is 7.95. The molecule has 1 heterocycles. The van der Waals surface area contributed by atoms with Crippen LogP contribution >= 0.6 is 0 Å². The molecule has 0 bridgehead atoms. The number of carbonyl (C=O) groups excluding carboxylic acids is 1. The van der Waals surface area contributed by atoms with Gasteiger partial charge in [-0.3, -0.25) is 0 Å². The molecule has 1 aromatic carbocycles. The van der Waals surface area contributed by atoms with Crippen molar-refractivity contribution in [1.82, 2.24) is 10.6 Å². The van der Waals surface area contributed by atoms with Crippen LogP contribution in [0.15, 0.2) is 29.4 Å². The molecule has 23 heavy (non-hydrogen) atoms. The number of carbonyl (C=O) groups is 1. The maximum atomic E-state index is 11.9. The molecule has 6 heteroatoms. The number of methoxy groups -OCH3 is 1. The molecule has 0 saturated carbocycles. The van der Waals surface area contributed by atoms with Gasteiger partial charge in [-0.2, -0.15) is 0 Å². The van der Waals surface area contributed by atoms with Gasteiger partial charge in [0, 0.05) is 13.5 Å². The summed E-state index contributed by atoms with van der Waals surface area (Å²) in [5.41, 5.74) is 3.20. The number of ether oxygens (including phenoxy) is 1. The smallest absolute Gasteiger partial charge is 0.315 e. The third kappa shape index (κ3) is 5.25. The topological polar surface area (TPSA) is 72.0 Å². The minimum Gasteiger partial charge on any atom is -0.390 e. The van der Waals surface area contributed by atoms with Crippen molar-refractivity contribution in [3.8, 4) is 0 Å². The van der Waals surface area contributed by atoms with Gasteiger partial charge in [0.05, 0.1) is 24.9 Å². The maximum Gasteiger partial charge on any atom is 0.315 e. The zero-order valence-electron chi connectivity index (χ0n) is 14.0. The molecular weight excluding hydrogens is 294 g/mol. The van der Waals surface area contributed by atoms with Gasteiger partial charge in [0.25, 0.3) is 0 Å². The SMILES string of the molecule is CC[C@H](COC)NC(=O)NC[C@@H]1CC(c2ccc(C)cc2)=NO1. The van der Waals surface area contributed by atoms with Gasteiger partial charge in [-0.1, -0.05) is 41.9 Å². The van der Waals surface area contributed by atoms with Gasteiger partial charge in [-0.05, 0) is 18.9 Å². The third-order valence-electron chi connectivity index (χ3n) is 3.80. The number of hydrogen-bond donors (Lipinski definition) is 2. The lowest BCUT2D eigenvalue weighted by molar-refractivity contribution is 0.0861. The summed E-state index contributed by atoms with van der Waals surface area (Å²) < 4.78 is 5.06. The van der Waals surface area contributed by atoms with Crippen LogP contribution < -0.4 is 10.6 Å². The summed E-state index contributed by atoms with van der Waals surface area (Å²) in [7, 11) is 1.62. The number of nitrogens with zero attached hydrogens (tertiary/aromatic N) is 1. The van der Waals surface area contributed by atoms with Crippen LogP contribution in [0.1, 0.15) is 30.9 Å². The molecule has 0 saturated heterocycles. The molecule has 0 fully saturated rings. The summed E-state index contributed by atoms with van der Waals surface area (Å²) in [4.78, 5) is 17.3. The average Bonchev–Trinajstić information content (AvgIpc) is 3.02. The van der Waals surface area contributed by atoms with Crippen molar-refractivity contribution >= 4 is 11.7 Å². The molecular formula is C17H25N3O3. The van der Waals surface area contributed by atoms with Crippen molar-refractivity contribution in [2.45, 2.75) is 38.8 Å². The minimum absolute atomic E-state index is 0.0175. The molecule has 2 rings (SSSR count). The van der Waals surface area contributed by atoms with Gasteiger partial charge in [0.2, 0.25) is 0 Å². The van der Waals surface area contributed by atoms with E-state index in [1.807, 2.05) is 19.1 Å². The third-order valence-corrected chi connectivity index (χ3v) is 3.80. The monoisotopic (exact) mass is 319 g/mol. The number of rotatable bonds is 7. The van der Waals surface area contributed by atoms with Crippen molar-refractivity contribution < 1.29 is 14.4 Å². The lowest BCUT2D eigenvalue weighted by Gasteiger charge is -2.17. The highest BCUT2D eigenvalue weighted by atomic mass is 16.6. The molecule has 2 atom stereocenters. The van der Waals surface area contributed by atoms with E-state index in [-0.39, 0.29) is 18.2 Å². The first-order valence-corrected chi connectivity index (χ1v) is 7.95. The summed E-state index contributed by atoms with van der Waals surface area (Å²) in [6.45, 7) is 4.99. The Labute approximate surface area is 137 Å². The molecule has 2 N–H and O–H groups in total. The van der Waals surface area contributed by atoms with Crippen molar-refractivity contribution in [2.75, 3.05) is 20.3 Å². The fourth-order valence-corrected chi connectivity index (χ4v) is 2.36. The standard InChI is InChI=1S/C17H25N3O3/c1-4-14(11-22-3)19-17(21)18-10-15-9-16(20-23-15)13-7-5-12(2)6-8-13/h5-8,14-15H,4,9-11H2,1-3H3,(H2,18,19,21)/t14-,15+/m1/s1. The Morgan fingerprint density at radius 3 is 2.83 bits per heavy atom. The number of urea groups is 1. The minimum atomic E-state index is -0.207. The average molecular weight is 319 g/mol. The Morgan fingerprint density at radius 1 is 1.43 bits per heavy atom. The second-order valence-electron chi connectivity index (χ2n) is 5.75. The molecule has 1 aliphatic heterocycles. The molecule has 0 spiro atoms. The maximum absolute atomic E-state index is 11.9. The van der Waals surface area contributed by atoms with Crippen molar-refractivity contribution in [1.29, 1.82) is 0 Å². The molecule has 1 aliphatic rings.